The van der Waals surface area contributed by atoms with Gasteiger partial charge in [-0.25, -0.2) is 4.79 Å². The van der Waals surface area contributed by atoms with Gasteiger partial charge in [0.05, 0.1) is 13.0 Å². The lowest BCUT2D eigenvalue weighted by atomic mass is 9.96. The molecule has 9 heteroatoms. The minimum absolute atomic E-state index is 0. The van der Waals surface area contributed by atoms with Crippen molar-refractivity contribution in [3.05, 3.63) is 119 Å². The van der Waals surface area contributed by atoms with E-state index < -0.39 is 5.60 Å². The fourth-order valence-electron chi connectivity index (χ4n) is 7.26. The Hall–Kier alpha value is -5.18. The van der Waals surface area contributed by atoms with Crippen molar-refractivity contribution in [2.75, 3.05) is 56.2 Å². The zero-order valence-electron chi connectivity index (χ0n) is 40.5. The molecule has 62 heavy (non-hydrogen) atoms. The normalized spacial score (nSPS) is 15.9. The number of esters is 1. The number of rotatable bonds is 4. The molecule has 1 atom stereocenters. The fraction of sp³-hybridized carbons (Fsp3) is 0.509. The van der Waals surface area contributed by atoms with Crippen LogP contribution in [-0.4, -0.2) is 80.6 Å². The summed E-state index contributed by atoms with van der Waals surface area (Å²) in [6, 6.07) is 31.1. The number of para-hydroxylation sites is 2. The smallest absolute Gasteiger partial charge is 0.410 e. The molecule has 3 heterocycles. The quantitative estimate of drug-likeness (QED) is 0.188. The Balaban J connectivity index is 0.000000435. The summed E-state index contributed by atoms with van der Waals surface area (Å²) in [4.78, 5) is 30.6. The molecule has 3 aliphatic rings. The van der Waals surface area contributed by atoms with E-state index in [1.807, 2.05) is 79.7 Å². The number of piperazine rings is 1. The number of carbonyl (C=O) groups is 2. The van der Waals surface area contributed by atoms with Gasteiger partial charge in [0.2, 0.25) is 0 Å². The van der Waals surface area contributed by atoms with Crippen LogP contribution < -0.4 is 19.3 Å². The first kappa shape index (κ1) is 51.2. The van der Waals surface area contributed by atoms with Gasteiger partial charge in [-0.1, -0.05) is 85.6 Å². The molecule has 2 saturated heterocycles. The standard InChI is InChI=1S/C17H25NO2.C16H24N2O2.C10H12O.C8H10O.C2H6.2H2/c1-13-7-5-6-8-15(13)18-11-9-14(10-12-18)16(19)20-17(2,3)4;1-13-7-5-6-8-14(13)17-9-11-18(12-10-17)15(19)20-16(2,3)4;1-7-3-4-10-9(5-7)6-8(2)11-10;1-7-3-5-8(9-2)6-4-7;1-2;;/h5-8,14H,9-12H2,1-4H3;5-8H,9-12H2,1-4H3;3-5,8H,6H2,1-2H3;3-6H,1-2H3;1-2H3;2*1H. The molecule has 4 aromatic carbocycles. The molecule has 344 valence electrons. The number of fused-ring (bicyclic) bond motifs is 1. The van der Waals surface area contributed by atoms with Crippen LogP contribution >= 0.6 is 0 Å². The van der Waals surface area contributed by atoms with Crippen LogP contribution in [0.3, 0.4) is 0 Å². The lowest BCUT2D eigenvalue weighted by Crippen LogP contribution is -2.50. The van der Waals surface area contributed by atoms with Crippen LogP contribution in [0.2, 0.25) is 0 Å². The summed E-state index contributed by atoms with van der Waals surface area (Å²) in [5.74, 6) is 2.00. The molecule has 0 aromatic heterocycles. The van der Waals surface area contributed by atoms with Gasteiger partial charge in [0.1, 0.15) is 28.8 Å². The van der Waals surface area contributed by atoms with Gasteiger partial charge in [-0.3, -0.25) is 4.79 Å². The maximum Gasteiger partial charge on any atom is 0.410 e. The van der Waals surface area contributed by atoms with E-state index >= 15 is 0 Å². The Labute approximate surface area is 377 Å². The van der Waals surface area contributed by atoms with Crippen LogP contribution in [-0.2, 0) is 20.7 Å². The van der Waals surface area contributed by atoms with Gasteiger partial charge in [-0.05, 0) is 136 Å². The molecule has 0 spiro atoms. The van der Waals surface area contributed by atoms with Gasteiger partial charge >= 0.3 is 12.1 Å². The maximum absolute atomic E-state index is 12.1. The van der Waals surface area contributed by atoms with Crippen molar-refractivity contribution >= 4 is 23.4 Å². The molecule has 0 aliphatic carbocycles. The number of amides is 1. The van der Waals surface area contributed by atoms with E-state index in [0.29, 0.717) is 19.2 Å². The highest BCUT2D eigenvalue weighted by molar-refractivity contribution is 5.73. The summed E-state index contributed by atoms with van der Waals surface area (Å²) in [6.07, 6.45) is 2.98. The molecule has 0 N–H and O–H groups in total. The van der Waals surface area contributed by atoms with Crippen molar-refractivity contribution < 1.29 is 31.4 Å². The molecule has 1 unspecified atom stereocenters. The number of hydrogen-bond donors (Lipinski definition) is 0. The minimum atomic E-state index is -0.426. The van der Waals surface area contributed by atoms with E-state index in [1.165, 1.54) is 39.2 Å². The van der Waals surface area contributed by atoms with Crippen LogP contribution in [0.1, 0.15) is 106 Å². The third-order valence-corrected chi connectivity index (χ3v) is 10.4. The van der Waals surface area contributed by atoms with Crippen molar-refractivity contribution in [2.45, 2.75) is 127 Å². The lowest BCUT2D eigenvalue weighted by molar-refractivity contribution is -0.160. The zero-order valence-corrected chi connectivity index (χ0v) is 40.5. The third-order valence-electron chi connectivity index (χ3n) is 10.4. The number of ether oxygens (including phenoxy) is 4. The van der Waals surface area contributed by atoms with E-state index in [-0.39, 0.29) is 26.4 Å². The van der Waals surface area contributed by atoms with E-state index in [1.54, 1.807) is 12.0 Å². The lowest BCUT2D eigenvalue weighted by Gasteiger charge is -2.37. The summed E-state index contributed by atoms with van der Waals surface area (Å²) in [5, 5.41) is 0. The number of methoxy groups -OCH3 is 1. The van der Waals surface area contributed by atoms with Crippen LogP contribution in [0.15, 0.2) is 91.0 Å². The molecule has 1 amide bonds. The second-order valence-corrected chi connectivity index (χ2v) is 18.1. The Kier molecular flexibility index (Phi) is 20.2. The van der Waals surface area contributed by atoms with E-state index in [0.717, 1.165) is 56.9 Å². The van der Waals surface area contributed by atoms with Crippen molar-refractivity contribution in [1.29, 1.82) is 0 Å². The molecule has 7 rings (SSSR count). The molecule has 9 nitrogen and oxygen atoms in total. The van der Waals surface area contributed by atoms with Crippen LogP contribution in [0.25, 0.3) is 0 Å². The average Bonchev–Trinajstić information content (AvgIpc) is 3.61. The van der Waals surface area contributed by atoms with Crippen LogP contribution in [0, 0.1) is 33.6 Å². The Morgan fingerprint density at radius 2 is 1.13 bits per heavy atom. The molecule has 2 fully saturated rings. The zero-order chi connectivity index (χ0) is 46.0. The first-order valence-electron chi connectivity index (χ1n) is 22.5. The maximum atomic E-state index is 12.1. The van der Waals surface area contributed by atoms with Gasteiger partial charge in [0.25, 0.3) is 0 Å². The van der Waals surface area contributed by atoms with Gasteiger partial charge in [-0.15, -0.1) is 0 Å². The van der Waals surface area contributed by atoms with E-state index in [2.05, 4.69) is 111 Å². The summed E-state index contributed by atoms with van der Waals surface area (Å²) >= 11 is 0. The first-order valence-corrected chi connectivity index (χ1v) is 22.5. The van der Waals surface area contributed by atoms with Gasteiger partial charge < -0.3 is 33.6 Å². The highest BCUT2D eigenvalue weighted by Crippen LogP contribution is 2.30. The molecule has 4 aromatic rings. The fourth-order valence-corrected chi connectivity index (χ4v) is 7.26. The number of carbonyl (C=O) groups excluding carboxylic acids is 2. The van der Waals surface area contributed by atoms with Crippen molar-refractivity contribution in [2.24, 2.45) is 5.92 Å². The van der Waals surface area contributed by atoms with Gasteiger partial charge in [0, 0.05) is 59.9 Å². The number of hydrogen-bond acceptors (Lipinski definition) is 8. The van der Waals surface area contributed by atoms with Crippen LogP contribution in [0.4, 0.5) is 16.2 Å². The van der Waals surface area contributed by atoms with Crippen molar-refractivity contribution in [3.8, 4) is 11.5 Å². The highest BCUT2D eigenvalue weighted by Gasteiger charge is 2.30. The second-order valence-electron chi connectivity index (χ2n) is 18.1. The number of piperidine rings is 1. The SMILES string of the molecule is CC.COc1ccc(C)cc1.Cc1ccc2c(c1)CC(C)O2.Cc1ccccc1N1CCC(C(=O)OC(C)(C)C)CC1.Cc1ccccc1N1CCN(C(=O)OC(C)(C)C)CC1.[HH].[HH]. The summed E-state index contributed by atoms with van der Waals surface area (Å²) < 4.78 is 21.4. The summed E-state index contributed by atoms with van der Waals surface area (Å²) in [5.41, 5.74) is 8.25. The Morgan fingerprint density at radius 1 is 0.645 bits per heavy atom. The monoisotopic (exact) mass is 856 g/mol. The summed E-state index contributed by atoms with van der Waals surface area (Å²) in [6.45, 7) is 31.0. The van der Waals surface area contributed by atoms with Crippen molar-refractivity contribution in [1.82, 2.24) is 4.90 Å². The minimum Gasteiger partial charge on any atom is -0.497 e. The second kappa shape index (κ2) is 24.5. The number of anilines is 2. The van der Waals surface area contributed by atoms with E-state index in [9.17, 15) is 9.59 Å². The average molecular weight is 856 g/mol. The summed E-state index contributed by atoms with van der Waals surface area (Å²) in [7, 11) is 1.67. The molecule has 3 aliphatic heterocycles. The van der Waals surface area contributed by atoms with Crippen LogP contribution in [0.5, 0.6) is 11.5 Å². The number of aryl methyl sites for hydroxylation is 4. The Morgan fingerprint density at radius 3 is 1.61 bits per heavy atom. The molecule has 0 saturated carbocycles. The third kappa shape index (κ3) is 17.3. The predicted octanol–water partition coefficient (Wildman–Crippen LogP) is 12.4. The highest BCUT2D eigenvalue weighted by atomic mass is 16.6. The molecular weight excluding hydrogens is 775 g/mol. The van der Waals surface area contributed by atoms with Gasteiger partial charge in [-0.2, -0.15) is 0 Å². The van der Waals surface area contributed by atoms with Crippen molar-refractivity contribution in [3.63, 3.8) is 0 Å². The topological polar surface area (TPSA) is 80.8 Å². The predicted molar refractivity (Wildman–Crippen MR) is 261 cm³/mol. The van der Waals surface area contributed by atoms with Gasteiger partial charge in [0.15, 0.2) is 0 Å². The molecule has 0 bridgehead atoms. The first-order chi connectivity index (χ1) is 29.3. The number of nitrogens with zero attached hydrogens (tertiary/aromatic N) is 3. The largest absolute Gasteiger partial charge is 0.497 e. The molecule has 0 radical (unpaired) electrons. The van der Waals surface area contributed by atoms with E-state index in [4.69, 9.17) is 18.9 Å². The number of benzene rings is 4. The Bertz CT molecular complexity index is 1870. The molecular formula is C53H81N3O6.